The van der Waals surface area contributed by atoms with Crippen LogP contribution in [-0.4, -0.2) is 30.3 Å². The molecule has 4 nitrogen and oxygen atoms in total. The molecule has 1 rings (SSSR count). The topological polar surface area (TPSA) is 58.6 Å². The molecule has 0 aliphatic carbocycles. The minimum Gasteiger partial charge on any atom is -0.489 e. The molecule has 6 heteroatoms. The molecule has 2 N–H and O–H groups in total. The third-order valence-electron chi connectivity index (χ3n) is 2.09. The summed E-state index contributed by atoms with van der Waals surface area (Å²) in [5, 5.41) is 12.3. The van der Waals surface area contributed by atoms with Gasteiger partial charge in [-0.05, 0) is 19.1 Å². The number of benzene rings is 1. The van der Waals surface area contributed by atoms with Crippen molar-refractivity contribution in [2.75, 3.05) is 13.2 Å². The molecule has 0 unspecified atom stereocenters. The van der Waals surface area contributed by atoms with Crippen LogP contribution in [0.3, 0.4) is 0 Å². The Bertz CT molecular complexity index is 378. The van der Waals surface area contributed by atoms with Gasteiger partial charge in [0.05, 0.1) is 10.0 Å². The van der Waals surface area contributed by atoms with Crippen LogP contribution in [0.4, 0.5) is 0 Å². The van der Waals surface area contributed by atoms with Gasteiger partial charge in [-0.1, -0.05) is 29.3 Å². The summed E-state index contributed by atoms with van der Waals surface area (Å²) in [4.78, 5) is 10.5. The highest BCUT2D eigenvalue weighted by molar-refractivity contribution is 6.37. The molecular formula is C11H13Cl2NO3. The molecule has 0 amide bonds. The number of carboxylic acid groups (broad SMARTS) is 1. The number of ether oxygens (including phenoxy) is 1. The maximum absolute atomic E-state index is 10.5. The molecule has 0 spiro atoms. The van der Waals surface area contributed by atoms with Crippen molar-refractivity contribution < 1.29 is 14.6 Å². The van der Waals surface area contributed by atoms with Gasteiger partial charge in [0.15, 0.2) is 5.75 Å². The molecule has 94 valence electrons. The summed E-state index contributed by atoms with van der Waals surface area (Å²) in [6.45, 7) is 2.25. The second-order valence-electron chi connectivity index (χ2n) is 3.41. The first-order valence-electron chi connectivity index (χ1n) is 5.05. The number of hydrogen-bond acceptors (Lipinski definition) is 3. The van der Waals surface area contributed by atoms with E-state index in [1.807, 2.05) is 0 Å². The molecular weight excluding hydrogens is 265 g/mol. The van der Waals surface area contributed by atoms with E-state index in [-0.39, 0.29) is 0 Å². The first-order chi connectivity index (χ1) is 8.02. The van der Waals surface area contributed by atoms with Gasteiger partial charge in [0, 0.05) is 6.54 Å². The van der Waals surface area contributed by atoms with Crippen LogP contribution in [0.5, 0.6) is 5.75 Å². The largest absolute Gasteiger partial charge is 0.489 e. The Morgan fingerprint density at radius 3 is 2.59 bits per heavy atom. The lowest BCUT2D eigenvalue weighted by Crippen LogP contribution is -2.36. The number of aliphatic carboxylic acids is 1. The van der Waals surface area contributed by atoms with E-state index in [2.05, 4.69) is 5.32 Å². The Morgan fingerprint density at radius 2 is 2.06 bits per heavy atom. The number of nitrogens with one attached hydrogen (secondary N) is 1. The summed E-state index contributed by atoms with van der Waals surface area (Å²) < 4.78 is 5.38. The number of carboxylic acids is 1. The van der Waals surface area contributed by atoms with E-state index in [0.717, 1.165) is 0 Å². The van der Waals surface area contributed by atoms with E-state index >= 15 is 0 Å². The van der Waals surface area contributed by atoms with Crippen LogP contribution >= 0.6 is 23.2 Å². The normalized spacial score (nSPS) is 12.2. The Kier molecular flexibility index (Phi) is 5.55. The quantitative estimate of drug-likeness (QED) is 0.785. The highest BCUT2D eigenvalue weighted by Gasteiger charge is 2.10. The van der Waals surface area contributed by atoms with Gasteiger partial charge >= 0.3 is 5.97 Å². The van der Waals surface area contributed by atoms with Crippen LogP contribution in [-0.2, 0) is 4.79 Å². The molecule has 1 aromatic rings. The smallest absolute Gasteiger partial charge is 0.320 e. The molecule has 0 radical (unpaired) electrons. The summed E-state index contributed by atoms with van der Waals surface area (Å²) >= 11 is 11.8. The highest BCUT2D eigenvalue weighted by atomic mass is 35.5. The van der Waals surface area contributed by atoms with E-state index in [4.69, 9.17) is 33.0 Å². The van der Waals surface area contributed by atoms with Gasteiger partial charge < -0.3 is 15.2 Å². The van der Waals surface area contributed by atoms with Crippen LogP contribution in [0.2, 0.25) is 10.0 Å². The Balaban J connectivity index is 2.39. The minimum atomic E-state index is -0.902. The Hall–Kier alpha value is -0.970. The predicted octanol–water partition coefficient (Wildman–Crippen LogP) is 2.43. The highest BCUT2D eigenvalue weighted by Crippen LogP contribution is 2.32. The Labute approximate surface area is 109 Å². The summed E-state index contributed by atoms with van der Waals surface area (Å²) in [5.41, 5.74) is 0. The molecule has 1 aromatic carbocycles. The van der Waals surface area contributed by atoms with Crippen LogP contribution in [0.1, 0.15) is 6.92 Å². The molecule has 0 heterocycles. The zero-order valence-electron chi connectivity index (χ0n) is 9.24. The molecule has 0 aliphatic rings. The van der Waals surface area contributed by atoms with Gasteiger partial charge in [-0.15, -0.1) is 0 Å². The van der Waals surface area contributed by atoms with Crippen molar-refractivity contribution in [1.82, 2.24) is 5.32 Å². The second kappa shape index (κ2) is 6.69. The fourth-order valence-corrected chi connectivity index (χ4v) is 1.64. The predicted molar refractivity (Wildman–Crippen MR) is 67.1 cm³/mol. The van der Waals surface area contributed by atoms with Gasteiger partial charge in [0.2, 0.25) is 0 Å². The third kappa shape index (κ3) is 4.42. The summed E-state index contributed by atoms with van der Waals surface area (Å²) in [6.07, 6.45) is 0. The molecule has 0 saturated heterocycles. The second-order valence-corrected chi connectivity index (χ2v) is 4.23. The van der Waals surface area contributed by atoms with E-state index in [1.54, 1.807) is 25.1 Å². The molecule has 1 atom stereocenters. The molecule has 0 aromatic heterocycles. The summed E-state index contributed by atoms with van der Waals surface area (Å²) in [7, 11) is 0. The third-order valence-corrected chi connectivity index (χ3v) is 2.68. The van der Waals surface area contributed by atoms with Gasteiger partial charge in [0.1, 0.15) is 12.6 Å². The van der Waals surface area contributed by atoms with Crippen molar-refractivity contribution in [1.29, 1.82) is 0 Å². The van der Waals surface area contributed by atoms with Crippen molar-refractivity contribution in [2.45, 2.75) is 13.0 Å². The monoisotopic (exact) mass is 277 g/mol. The molecule has 17 heavy (non-hydrogen) atoms. The van der Waals surface area contributed by atoms with Gasteiger partial charge in [0.25, 0.3) is 0 Å². The van der Waals surface area contributed by atoms with Crippen molar-refractivity contribution in [3.8, 4) is 5.75 Å². The van der Waals surface area contributed by atoms with Crippen LogP contribution in [0.15, 0.2) is 18.2 Å². The average molecular weight is 278 g/mol. The van der Waals surface area contributed by atoms with Crippen LogP contribution in [0.25, 0.3) is 0 Å². The molecule has 0 aliphatic heterocycles. The van der Waals surface area contributed by atoms with E-state index < -0.39 is 12.0 Å². The SMILES string of the molecule is C[C@@H](NCCOc1c(Cl)cccc1Cl)C(=O)O. The van der Waals surface area contributed by atoms with Crippen molar-refractivity contribution in [3.63, 3.8) is 0 Å². The van der Waals surface area contributed by atoms with Gasteiger partial charge in [-0.2, -0.15) is 0 Å². The molecule has 0 bridgehead atoms. The number of hydrogen-bond donors (Lipinski definition) is 2. The van der Waals surface area contributed by atoms with E-state index in [1.165, 1.54) is 0 Å². The van der Waals surface area contributed by atoms with Crippen LogP contribution in [0, 0.1) is 0 Å². The van der Waals surface area contributed by atoms with E-state index in [9.17, 15) is 4.79 Å². The Morgan fingerprint density at radius 1 is 1.47 bits per heavy atom. The first kappa shape index (κ1) is 14.1. The van der Waals surface area contributed by atoms with E-state index in [0.29, 0.717) is 28.9 Å². The fourth-order valence-electron chi connectivity index (χ4n) is 1.14. The number of carbonyl (C=O) groups is 1. The van der Waals surface area contributed by atoms with Crippen LogP contribution < -0.4 is 10.1 Å². The number of para-hydroxylation sites is 1. The molecule has 0 fully saturated rings. The maximum Gasteiger partial charge on any atom is 0.320 e. The first-order valence-corrected chi connectivity index (χ1v) is 5.81. The minimum absolute atomic E-state index is 0.293. The standard InChI is InChI=1S/C11H13Cl2NO3/c1-7(11(15)16)14-5-6-17-10-8(12)3-2-4-9(10)13/h2-4,7,14H,5-6H2,1H3,(H,15,16)/t7-/m1/s1. The maximum atomic E-state index is 10.5. The lowest BCUT2D eigenvalue weighted by molar-refractivity contribution is -0.139. The zero-order valence-corrected chi connectivity index (χ0v) is 10.8. The number of rotatable bonds is 6. The van der Waals surface area contributed by atoms with Crippen molar-refractivity contribution >= 4 is 29.2 Å². The zero-order chi connectivity index (χ0) is 12.8. The summed E-state index contributed by atoms with van der Waals surface area (Å²) in [5.74, 6) is -0.485. The average Bonchev–Trinajstić information content (AvgIpc) is 2.27. The fraction of sp³-hybridized carbons (Fsp3) is 0.364. The van der Waals surface area contributed by atoms with Crippen molar-refractivity contribution in [3.05, 3.63) is 28.2 Å². The summed E-state index contributed by atoms with van der Waals surface area (Å²) in [6, 6.07) is 4.47. The van der Waals surface area contributed by atoms with Gasteiger partial charge in [-0.3, -0.25) is 4.79 Å². The van der Waals surface area contributed by atoms with Gasteiger partial charge in [-0.25, -0.2) is 0 Å². The lowest BCUT2D eigenvalue weighted by Gasteiger charge is -2.12. The van der Waals surface area contributed by atoms with Crippen molar-refractivity contribution in [2.24, 2.45) is 0 Å². The number of halogens is 2. The lowest BCUT2D eigenvalue weighted by atomic mass is 10.3. The molecule has 0 saturated carbocycles.